The van der Waals surface area contributed by atoms with Gasteiger partial charge in [-0.15, -0.1) is 0 Å². The van der Waals surface area contributed by atoms with Gasteiger partial charge in [-0.3, -0.25) is 4.79 Å². The number of amides is 1. The highest BCUT2D eigenvalue weighted by molar-refractivity contribution is 5.81. The number of aliphatic hydroxyl groups excluding tert-OH is 1. The van der Waals surface area contributed by atoms with Gasteiger partial charge in [0.25, 0.3) is 0 Å². The molecule has 15 heavy (non-hydrogen) atoms. The number of aliphatic hydroxyl groups is 1. The van der Waals surface area contributed by atoms with Crippen LogP contribution in [-0.4, -0.2) is 36.2 Å². The Labute approximate surface area is 91.4 Å². The maximum Gasteiger partial charge on any atom is 0.236 e. The van der Waals surface area contributed by atoms with Crippen LogP contribution in [0.4, 0.5) is 0 Å². The van der Waals surface area contributed by atoms with Crippen molar-refractivity contribution in [2.45, 2.75) is 45.3 Å². The van der Waals surface area contributed by atoms with Gasteiger partial charge in [0.2, 0.25) is 5.91 Å². The smallest absolute Gasteiger partial charge is 0.236 e. The van der Waals surface area contributed by atoms with E-state index in [1.165, 1.54) is 0 Å². The van der Waals surface area contributed by atoms with Gasteiger partial charge in [0.05, 0.1) is 12.1 Å². The second-order valence-corrected chi connectivity index (χ2v) is 4.41. The molecule has 4 heteroatoms. The summed E-state index contributed by atoms with van der Waals surface area (Å²) in [4.78, 5) is 11.5. The Balaban J connectivity index is 2.07. The van der Waals surface area contributed by atoms with Gasteiger partial charge in [-0.05, 0) is 38.6 Å². The molecule has 0 aromatic rings. The Kier molecular flexibility index (Phi) is 5.05. The first kappa shape index (κ1) is 12.5. The van der Waals surface area contributed by atoms with Gasteiger partial charge in [-0.25, -0.2) is 0 Å². The standard InChI is InChI=1S/C11H22N2O2/c1-3-4-12-11(15)8(2)13-7-9-5-10(14)6-9/h8-10,13-14H,3-7H2,1-2H3,(H,12,15). The van der Waals surface area contributed by atoms with E-state index in [1.54, 1.807) is 0 Å². The molecular weight excluding hydrogens is 192 g/mol. The van der Waals surface area contributed by atoms with Crippen LogP contribution >= 0.6 is 0 Å². The molecule has 1 aliphatic carbocycles. The molecule has 0 radical (unpaired) electrons. The van der Waals surface area contributed by atoms with Gasteiger partial charge >= 0.3 is 0 Å². The van der Waals surface area contributed by atoms with Crippen molar-refractivity contribution in [1.29, 1.82) is 0 Å². The fraction of sp³-hybridized carbons (Fsp3) is 0.909. The Morgan fingerprint density at radius 1 is 1.53 bits per heavy atom. The van der Waals surface area contributed by atoms with E-state index in [0.29, 0.717) is 5.92 Å². The van der Waals surface area contributed by atoms with Gasteiger partial charge < -0.3 is 15.7 Å². The molecule has 1 amide bonds. The fourth-order valence-electron chi connectivity index (χ4n) is 1.70. The van der Waals surface area contributed by atoms with Crippen LogP contribution in [0.5, 0.6) is 0 Å². The number of hydrogen-bond donors (Lipinski definition) is 3. The first-order valence-electron chi connectivity index (χ1n) is 5.82. The summed E-state index contributed by atoms with van der Waals surface area (Å²) in [6.07, 6.45) is 2.60. The van der Waals surface area contributed by atoms with Crippen LogP contribution in [-0.2, 0) is 4.79 Å². The summed E-state index contributed by atoms with van der Waals surface area (Å²) in [5.74, 6) is 0.609. The van der Waals surface area contributed by atoms with Gasteiger partial charge in [-0.2, -0.15) is 0 Å². The summed E-state index contributed by atoms with van der Waals surface area (Å²) >= 11 is 0. The number of rotatable bonds is 6. The lowest BCUT2D eigenvalue weighted by Crippen LogP contribution is -2.46. The minimum absolute atomic E-state index is 0.0664. The Bertz CT molecular complexity index is 203. The summed E-state index contributed by atoms with van der Waals surface area (Å²) in [6.45, 7) is 5.49. The molecule has 1 atom stereocenters. The van der Waals surface area contributed by atoms with E-state index in [-0.39, 0.29) is 18.1 Å². The Morgan fingerprint density at radius 2 is 2.20 bits per heavy atom. The van der Waals surface area contributed by atoms with Crippen LogP contribution < -0.4 is 10.6 Å². The second kappa shape index (κ2) is 6.08. The van der Waals surface area contributed by atoms with E-state index < -0.39 is 0 Å². The van der Waals surface area contributed by atoms with Crippen molar-refractivity contribution in [2.24, 2.45) is 5.92 Å². The zero-order valence-electron chi connectivity index (χ0n) is 9.62. The summed E-state index contributed by atoms with van der Waals surface area (Å²) in [5.41, 5.74) is 0. The monoisotopic (exact) mass is 214 g/mol. The van der Waals surface area contributed by atoms with Crippen molar-refractivity contribution in [2.75, 3.05) is 13.1 Å². The molecular formula is C11H22N2O2. The molecule has 1 rings (SSSR count). The molecule has 4 nitrogen and oxygen atoms in total. The van der Waals surface area contributed by atoms with Gasteiger partial charge in [0.15, 0.2) is 0 Å². The van der Waals surface area contributed by atoms with Crippen LogP contribution in [0.3, 0.4) is 0 Å². The molecule has 1 saturated carbocycles. The summed E-state index contributed by atoms with van der Waals surface area (Å²) in [5, 5.41) is 15.1. The second-order valence-electron chi connectivity index (χ2n) is 4.41. The number of nitrogens with one attached hydrogen (secondary N) is 2. The molecule has 0 heterocycles. The Hall–Kier alpha value is -0.610. The minimum atomic E-state index is -0.130. The molecule has 0 aromatic carbocycles. The highest BCUT2D eigenvalue weighted by Gasteiger charge is 2.27. The van der Waals surface area contributed by atoms with E-state index >= 15 is 0 Å². The van der Waals surface area contributed by atoms with Crippen molar-refractivity contribution < 1.29 is 9.90 Å². The third kappa shape index (κ3) is 4.18. The summed E-state index contributed by atoms with van der Waals surface area (Å²) < 4.78 is 0. The predicted octanol–water partition coefficient (Wildman–Crippen LogP) is 0.262. The van der Waals surface area contributed by atoms with Crippen molar-refractivity contribution >= 4 is 5.91 Å². The first-order valence-corrected chi connectivity index (χ1v) is 5.82. The van der Waals surface area contributed by atoms with Crippen LogP contribution in [0.2, 0.25) is 0 Å². The number of hydrogen-bond acceptors (Lipinski definition) is 3. The molecule has 0 spiro atoms. The molecule has 0 aliphatic heterocycles. The lowest BCUT2D eigenvalue weighted by atomic mass is 9.82. The van der Waals surface area contributed by atoms with Gasteiger partial charge in [-0.1, -0.05) is 6.92 Å². The van der Waals surface area contributed by atoms with Crippen LogP contribution in [0, 0.1) is 5.92 Å². The molecule has 1 unspecified atom stereocenters. The maximum absolute atomic E-state index is 11.5. The highest BCUT2D eigenvalue weighted by atomic mass is 16.3. The lowest BCUT2D eigenvalue weighted by Gasteiger charge is -2.32. The highest BCUT2D eigenvalue weighted by Crippen LogP contribution is 2.26. The minimum Gasteiger partial charge on any atom is -0.393 e. The normalized spacial score (nSPS) is 26.9. The Morgan fingerprint density at radius 3 is 2.73 bits per heavy atom. The number of carbonyl (C=O) groups is 1. The summed E-state index contributed by atoms with van der Waals surface area (Å²) in [7, 11) is 0. The largest absolute Gasteiger partial charge is 0.393 e. The predicted molar refractivity (Wildman–Crippen MR) is 59.5 cm³/mol. The zero-order chi connectivity index (χ0) is 11.3. The number of carbonyl (C=O) groups excluding carboxylic acids is 1. The molecule has 0 bridgehead atoms. The van der Waals surface area contributed by atoms with Crippen molar-refractivity contribution in [3.8, 4) is 0 Å². The van der Waals surface area contributed by atoms with Gasteiger partial charge in [0.1, 0.15) is 0 Å². The average molecular weight is 214 g/mol. The quantitative estimate of drug-likeness (QED) is 0.594. The van der Waals surface area contributed by atoms with E-state index in [0.717, 1.165) is 32.4 Å². The molecule has 1 fully saturated rings. The third-order valence-corrected chi connectivity index (χ3v) is 2.87. The molecule has 0 saturated heterocycles. The lowest BCUT2D eigenvalue weighted by molar-refractivity contribution is -0.122. The van der Waals surface area contributed by atoms with Crippen molar-refractivity contribution in [3.05, 3.63) is 0 Å². The first-order chi connectivity index (χ1) is 7.13. The van der Waals surface area contributed by atoms with Crippen molar-refractivity contribution in [1.82, 2.24) is 10.6 Å². The fourth-order valence-corrected chi connectivity index (χ4v) is 1.70. The molecule has 0 aromatic heterocycles. The SMILES string of the molecule is CCCNC(=O)C(C)NCC1CC(O)C1. The van der Waals surface area contributed by atoms with Crippen LogP contribution in [0.1, 0.15) is 33.1 Å². The zero-order valence-corrected chi connectivity index (χ0v) is 9.62. The molecule has 1 aliphatic rings. The van der Waals surface area contributed by atoms with Crippen LogP contribution in [0.15, 0.2) is 0 Å². The van der Waals surface area contributed by atoms with Crippen molar-refractivity contribution in [3.63, 3.8) is 0 Å². The van der Waals surface area contributed by atoms with E-state index in [4.69, 9.17) is 5.11 Å². The van der Waals surface area contributed by atoms with Crippen LogP contribution in [0.25, 0.3) is 0 Å². The molecule has 3 N–H and O–H groups in total. The van der Waals surface area contributed by atoms with E-state index in [1.807, 2.05) is 13.8 Å². The maximum atomic E-state index is 11.5. The topological polar surface area (TPSA) is 61.4 Å². The van der Waals surface area contributed by atoms with E-state index in [2.05, 4.69) is 10.6 Å². The molecule has 88 valence electrons. The van der Waals surface area contributed by atoms with E-state index in [9.17, 15) is 4.79 Å². The third-order valence-electron chi connectivity index (χ3n) is 2.87. The van der Waals surface area contributed by atoms with Gasteiger partial charge in [0, 0.05) is 6.54 Å². The summed E-state index contributed by atoms with van der Waals surface area (Å²) in [6, 6.07) is -0.130. The average Bonchev–Trinajstić information content (AvgIpc) is 2.18.